The molecule has 0 bridgehead atoms. The number of benzene rings is 1. The Labute approximate surface area is 163 Å². The molecule has 1 amide bonds. The van der Waals surface area contributed by atoms with Gasteiger partial charge in [0.15, 0.2) is 0 Å². The number of fused-ring (bicyclic) bond motifs is 1. The van der Waals surface area contributed by atoms with Crippen molar-refractivity contribution < 1.29 is 9.53 Å². The average molecular weight is 384 g/mol. The summed E-state index contributed by atoms with van der Waals surface area (Å²) in [6.07, 6.45) is 3.82. The summed E-state index contributed by atoms with van der Waals surface area (Å²) in [6, 6.07) is 11.8. The Kier molecular flexibility index (Phi) is 4.79. The van der Waals surface area contributed by atoms with Crippen LogP contribution in [0.2, 0.25) is 5.02 Å². The molecule has 0 atom stereocenters. The third-order valence-electron chi connectivity index (χ3n) is 5.28. The number of hydrogen-bond donors (Lipinski definition) is 0. The zero-order valence-corrected chi connectivity index (χ0v) is 16.2. The number of carbonyl (C=O) groups excluding carboxylic acids is 1. The predicted molar refractivity (Wildman–Crippen MR) is 106 cm³/mol. The Morgan fingerprint density at radius 2 is 2.00 bits per heavy atom. The molecule has 1 saturated heterocycles. The fourth-order valence-corrected chi connectivity index (χ4v) is 3.97. The van der Waals surface area contributed by atoms with Crippen molar-refractivity contribution in [1.29, 1.82) is 0 Å². The molecule has 0 N–H and O–H groups in total. The molecule has 2 aromatic heterocycles. The SMILES string of the molecule is COc1cccc(-c2nc(C3CCN(C(C)=O)CC3)n3ccc(Cl)cc23)c1. The third-order valence-corrected chi connectivity index (χ3v) is 5.52. The van der Waals surface area contributed by atoms with Crippen LogP contribution in [-0.2, 0) is 4.79 Å². The van der Waals surface area contributed by atoms with E-state index in [1.165, 1.54) is 0 Å². The number of nitrogens with zero attached hydrogens (tertiary/aromatic N) is 3. The van der Waals surface area contributed by atoms with Gasteiger partial charge in [0.25, 0.3) is 0 Å². The van der Waals surface area contributed by atoms with Crippen molar-refractivity contribution in [2.75, 3.05) is 20.2 Å². The van der Waals surface area contributed by atoms with Gasteiger partial charge in [0, 0.05) is 42.7 Å². The van der Waals surface area contributed by atoms with E-state index in [0.29, 0.717) is 10.9 Å². The van der Waals surface area contributed by atoms with Gasteiger partial charge >= 0.3 is 0 Å². The van der Waals surface area contributed by atoms with E-state index < -0.39 is 0 Å². The Morgan fingerprint density at radius 1 is 1.22 bits per heavy atom. The lowest BCUT2D eigenvalue weighted by Crippen LogP contribution is -2.36. The molecular weight excluding hydrogens is 362 g/mol. The molecule has 27 heavy (non-hydrogen) atoms. The highest BCUT2D eigenvalue weighted by atomic mass is 35.5. The lowest BCUT2D eigenvalue weighted by Gasteiger charge is -2.30. The fourth-order valence-electron chi connectivity index (χ4n) is 3.81. The van der Waals surface area contributed by atoms with Crippen LogP contribution < -0.4 is 4.74 Å². The molecule has 5 nitrogen and oxygen atoms in total. The molecule has 0 spiro atoms. The van der Waals surface area contributed by atoms with Crippen LogP contribution in [-0.4, -0.2) is 40.4 Å². The number of pyridine rings is 1. The molecule has 0 saturated carbocycles. The Bertz CT molecular complexity index is 990. The Hall–Kier alpha value is -2.53. The van der Waals surface area contributed by atoms with Crippen LogP contribution in [0.5, 0.6) is 5.75 Å². The van der Waals surface area contributed by atoms with Gasteiger partial charge < -0.3 is 14.0 Å². The number of imidazole rings is 1. The second-order valence-corrected chi connectivity index (χ2v) is 7.37. The molecule has 1 fully saturated rings. The topological polar surface area (TPSA) is 46.8 Å². The van der Waals surface area contributed by atoms with E-state index in [-0.39, 0.29) is 5.91 Å². The Balaban J connectivity index is 1.77. The number of piperidine rings is 1. The van der Waals surface area contributed by atoms with Gasteiger partial charge in [0.2, 0.25) is 5.91 Å². The highest BCUT2D eigenvalue weighted by molar-refractivity contribution is 6.31. The van der Waals surface area contributed by atoms with E-state index in [2.05, 4.69) is 4.40 Å². The van der Waals surface area contributed by atoms with Gasteiger partial charge in [0.1, 0.15) is 11.6 Å². The minimum atomic E-state index is 0.144. The summed E-state index contributed by atoms with van der Waals surface area (Å²) in [4.78, 5) is 18.5. The first-order valence-corrected chi connectivity index (χ1v) is 9.52. The van der Waals surface area contributed by atoms with Gasteiger partial charge in [-0.05, 0) is 37.1 Å². The van der Waals surface area contributed by atoms with Crippen molar-refractivity contribution >= 4 is 23.0 Å². The van der Waals surface area contributed by atoms with E-state index in [4.69, 9.17) is 21.3 Å². The maximum Gasteiger partial charge on any atom is 0.219 e. The van der Waals surface area contributed by atoms with Gasteiger partial charge in [-0.1, -0.05) is 23.7 Å². The molecule has 1 aromatic carbocycles. The minimum Gasteiger partial charge on any atom is -0.497 e. The molecule has 3 heterocycles. The molecule has 1 aliphatic heterocycles. The number of aromatic nitrogens is 2. The molecular formula is C21H22ClN3O2. The maximum atomic E-state index is 11.6. The number of likely N-dealkylation sites (tertiary alicyclic amines) is 1. The van der Waals surface area contributed by atoms with E-state index in [9.17, 15) is 4.79 Å². The molecule has 0 aliphatic carbocycles. The van der Waals surface area contributed by atoms with E-state index in [1.807, 2.05) is 47.5 Å². The Morgan fingerprint density at radius 3 is 2.70 bits per heavy atom. The van der Waals surface area contributed by atoms with Crippen molar-refractivity contribution in [1.82, 2.24) is 14.3 Å². The zero-order valence-electron chi connectivity index (χ0n) is 15.5. The van der Waals surface area contributed by atoms with Crippen LogP contribution in [0.1, 0.15) is 31.5 Å². The minimum absolute atomic E-state index is 0.144. The monoisotopic (exact) mass is 383 g/mol. The fraction of sp³-hybridized carbons (Fsp3) is 0.333. The lowest BCUT2D eigenvalue weighted by molar-refractivity contribution is -0.129. The van der Waals surface area contributed by atoms with Crippen molar-refractivity contribution in [3.05, 3.63) is 53.4 Å². The summed E-state index contributed by atoms with van der Waals surface area (Å²) in [5, 5.41) is 0.685. The first kappa shape index (κ1) is 17.9. The standard InChI is InChI=1S/C21H22ClN3O2/c1-14(26)24-9-6-15(7-10-24)21-23-20(16-4-3-5-18(12-16)27-2)19-13-17(22)8-11-25(19)21/h3-5,8,11-13,15H,6-7,9-10H2,1-2H3. The van der Waals surface area contributed by atoms with Gasteiger partial charge in [0.05, 0.1) is 18.3 Å². The van der Waals surface area contributed by atoms with Crippen LogP contribution in [0.15, 0.2) is 42.6 Å². The largest absolute Gasteiger partial charge is 0.497 e. The second kappa shape index (κ2) is 7.24. The van der Waals surface area contributed by atoms with Crippen molar-refractivity contribution in [2.45, 2.75) is 25.7 Å². The third kappa shape index (κ3) is 3.39. The van der Waals surface area contributed by atoms with E-state index >= 15 is 0 Å². The first-order valence-electron chi connectivity index (χ1n) is 9.14. The van der Waals surface area contributed by atoms with E-state index in [0.717, 1.165) is 54.3 Å². The van der Waals surface area contributed by atoms with Crippen LogP contribution in [0.3, 0.4) is 0 Å². The molecule has 0 unspecified atom stereocenters. The van der Waals surface area contributed by atoms with Gasteiger partial charge in [-0.15, -0.1) is 0 Å². The van der Waals surface area contributed by atoms with Crippen LogP contribution in [0.25, 0.3) is 16.8 Å². The number of hydrogen-bond acceptors (Lipinski definition) is 3. The van der Waals surface area contributed by atoms with Crippen LogP contribution >= 0.6 is 11.6 Å². The number of carbonyl (C=O) groups is 1. The summed E-state index contributed by atoms with van der Waals surface area (Å²) in [5.74, 6) is 2.29. The highest BCUT2D eigenvalue weighted by Gasteiger charge is 2.26. The first-order chi connectivity index (χ1) is 13.1. The zero-order chi connectivity index (χ0) is 19.0. The number of rotatable bonds is 3. The van der Waals surface area contributed by atoms with E-state index in [1.54, 1.807) is 14.0 Å². The predicted octanol–water partition coefficient (Wildman–Crippen LogP) is 4.39. The number of halogens is 1. The number of methoxy groups -OCH3 is 1. The lowest BCUT2D eigenvalue weighted by atomic mass is 9.96. The highest BCUT2D eigenvalue weighted by Crippen LogP contribution is 2.34. The van der Waals surface area contributed by atoms with Crippen LogP contribution in [0.4, 0.5) is 0 Å². The summed E-state index contributed by atoms with van der Waals surface area (Å²) in [7, 11) is 1.66. The second-order valence-electron chi connectivity index (χ2n) is 6.93. The van der Waals surface area contributed by atoms with Crippen molar-refractivity contribution in [3.63, 3.8) is 0 Å². The average Bonchev–Trinajstić information content (AvgIpc) is 3.06. The summed E-state index contributed by atoms with van der Waals surface area (Å²) in [6.45, 7) is 3.18. The normalized spacial score (nSPS) is 15.3. The van der Waals surface area contributed by atoms with Crippen molar-refractivity contribution in [3.8, 4) is 17.0 Å². The molecule has 0 radical (unpaired) electrons. The quantitative estimate of drug-likeness (QED) is 0.673. The molecule has 3 aromatic rings. The summed E-state index contributed by atoms with van der Waals surface area (Å²) >= 11 is 6.28. The molecule has 4 rings (SSSR count). The maximum absolute atomic E-state index is 11.6. The molecule has 6 heteroatoms. The summed E-state index contributed by atoms with van der Waals surface area (Å²) < 4.78 is 7.51. The van der Waals surface area contributed by atoms with Gasteiger partial charge in [-0.25, -0.2) is 4.98 Å². The number of ether oxygens (including phenoxy) is 1. The molecule has 140 valence electrons. The van der Waals surface area contributed by atoms with Crippen molar-refractivity contribution in [2.24, 2.45) is 0 Å². The summed E-state index contributed by atoms with van der Waals surface area (Å²) in [5.41, 5.74) is 2.89. The number of amides is 1. The van der Waals surface area contributed by atoms with Crippen LogP contribution in [0, 0.1) is 0 Å². The molecule has 1 aliphatic rings. The van der Waals surface area contributed by atoms with Gasteiger partial charge in [-0.3, -0.25) is 4.79 Å². The smallest absolute Gasteiger partial charge is 0.219 e. The van der Waals surface area contributed by atoms with Gasteiger partial charge in [-0.2, -0.15) is 0 Å².